The Morgan fingerprint density at radius 3 is 2.47 bits per heavy atom. The number of hydrogen-bond acceptors (Lipinski definition) is 5. The summed E-state index contributed by atoms with van der Waals surface area (Å²) >= 11 is 0. The minimum atomic E-state index is -1.24. The second-order valence-electron chi connectivity index (χ2n) is 3.52. The zero-order valence-electron chi connectivity index (χ0n) is 10.5. The van der Waals surface area contributed by atoms with Crippen LogP contribution < -0.4 is 10.1 Å². The van der Waals surface area contributed by atoms with Gasteiger partial charge in [0, 0.05) is 12.6 Å². The van der Waals surface area contributed by atoms with Crippen LogP contribution in [-0.2, 0) is 14.4 Å². The lowest BCUT2D eigenvalue weighted by Gasteiger charge is -2.11. The molecule has 0 saturated carbocycles. The Morgan fingerprint density at radius 1 is 1.37 bits per heavy atom. The van der Waals surface area contributed by atoms with Crippen molar-refractivity contribution in [3.63, 3.8) is 0 Å². The Kier molecular flexibility index (Phi) is 5.34. The summed E-state index contributed by atoms with van der Waals surface area (Å²) < 4.78 is 5.20. The van der Waals surface area contributed by atoms with Crippen LogP contribution >= 0.6 is 0 Å². The quantitative estimate of drug-likeness (QED) is 0.593. The zero-order valence-corrected chi connectivity index (χ0v) is 10.5. The summed E-state index contributed by atoms with van der Waals surface area (Å²) in [5.74, 6) is -1.04. The fourth-order valence-electron chi connectivity index (χ4n) is 1.23. The van der Waals surface area contributed by atoms with E-state index in [4.69, 9.17) is 9.84 Å². The van der Waals surface area contributed by atoms with Crippen LogP contribution in [0.4, 0.5) is 5.69 Å². The van der Waals surface area contributed by atoms with Crippen molar-refractivity contribution in [1.29, 1.82) is 0 Å². The van der Waals surface area contributed by atoms with E-state index in [9.17, 15) is 9.59 Å². The molecule has 1 aromatic rings. The number of aliphatic carboxylic acids is 1. The molecule has 0 heterocycles. The third-order valence-corrected chi connectivity index (χ3v) is 1.98. The molecule has 0 aliphatic carbocycles. The lowest BCUT2D eigenvalue weighted by atomic mass is 10.3. The number of nitrogens with one attached hydrogen (secondary N) is 1. The van der Waals surface area contributed by atoms with Crippen LogP contribution in [0.3, 0.4) is 0 Å². The zero-order chi connectivity index (χ0) is 14.3. The van der Waals surface area contributed by atoms with Gasteiger partial charge in [0.15, 0.2) is 0 Å². The van der Waals surface area contributed by atoms with Crippen molar-refractivity contribution in [2.24, 2.45) is 5.16 Å². The Hall–Kier alpha value is -2.57. The van der Waals surface area contributed by atoms with Crippen molar-refractivity contribution in [2.45, 2.75) is 13.0 Å². The highest BCUT2D eigenvalue weighted by molar-refractivity contribution is 5.92. The molecule has 2 N–H and O–H groups in total. The number of oxime groups is 1. The summed E-state index contributed by atoms with van der Waals surface area (Å²) in [4.78, 5) is 26.1. The van der Waals surface area contributed by atoms with E-state index in [2.05, 4.69) is 15.3 Å². The average Bonchev–Trinajstić information content (AvgIpc) is 2.35. The molecule has 1 amide bonds. The molecule has 0 radical (unpaired) electrons. The lowest BCUT2D eigenvalue weighted by molar-refractivity contribution is -0.141. The summed E-state index contributed by atoms with van der Waals surface area (Å²) in [5.41, 5.74) is 0.595. The van der Waals surface area contributed by atoms with Crippen LogP contribution in [0.15, 0.2) is 29.4 Å². The summed E-state index contributed by atoms with van der Waals surface area (Å²) in [5, 5.41) is 14.8. The number of rotatable bonds is 6. The Morgan fingerprint density at radius 2 is 2.00 bits per heavy atom. The molecule has 7 nitrogen and oxygen atoms in total. The van der Waals surface area contributed by atoms with Gasteiger partial charge in [-0.1, -0.05) is 5.16 Å². The number of carbonyl (C=O) groups is 2. The van der Waals surface area contributed by atoms with Gasteiger partial charge in [-0.25, -0.2) is 4.79 Å². The molecule has 19 heavy (non-hydrogen) atoms. The average molecular weight is 266 g/mol. The number of carbonyl (C=O) groups excluding carboxylic acids is 1. The first-order chi connectivity index (χ1) is 9.02. The van der Waals surface area contributed by atoms with Crippen molar-refractivity contribution in [3.8, 4) is 5.75 Å². The molecule has 1 atom stereocenters. The molecule has 1 aromatic carbocycles. The number of hydrogen-bond donors (Lipinski definition) is 2. The van der Waals surface area contributed by atoms with Gasteiger partial charge in [0.05, 0.1) is 6.21 Å². The van der Waals surface area contributed by atoms with Crippen molar-refractivity contribution < 1.29 is 24.3 Å². The van der Waals surface area contributed by atoms with E-state index >= 15 is 0 Å². The largest absolute Gasteiger partial charge is 0.478 e. The van der Waals surface area contributed by atoms with Crippen LogP contribution in [0.2, 0.25) is 0 Å². The number of carboxylic acid groups (broad SMARTS) is 1. The summed E-state index contributed by atoms with van der Waals surface area (Å²) in [7, 11) is 1.30. The van der Waals surface area contributed by atoms with E-state index in [1.807, 2.05) is 0 Å². The normalized spacial score (nSPS) is 11.9. The number of carboxylic acids is 1. The van der Waals surface area contributed by atoms with Gasteiger partial charge in [-0.05, 0) is 24.3 Å². The van der Waals surface area contributed by atoms with E-state index in [1.165, 1.54) is 14.0 Å². The first-order valence-corrected chi connectivity index (χ1v) is 5.36. The van der Waals surface area contributed by atoms with Crippen LogP contribution in [0.1, 0.15) is 6.92 Å². The van der Waals surface area contributed by atoms with Crippen molar-refractivity contribution in [2.75, 3.05) is 12.4 Å². The minimum absolute atomic E-state index is 0.190. The molecule has 0 aliphatic rings. The SMILES string of the molecule is CON=CC(Oc1ccc(NC(C)=O)cc1)C(=O)O. The van der Waals surface area contributed by atoms with Gasteiger partial charge in [-0.2, -0.15) is 0 Å². The summed E-state index contributed by atoms with van der Waals surface area (Å²) in [6.45, 7) is 1.39. The molecule has 0 spiro atoms. The maximum absolute atomic E-state index is 10.9. The maximum atomic E-state index is 10.9. The number of nitrogens with zero attached hydrogens (tertiary/aromatic N) is 1. The monoisotopic (exact) mass is 266 g/mol. The maximum Gasteiger partial charge on any atom is 0.350 e. The Bertz CT molecular complexity index is 470. The Labute approximate surface area is 109 Å². The second kappa shape index (κ2) is 7.00. The van der Waals surface area contributed by atoms with Crippen LogP contribution in [-0.4, -0.2) is 36.4 Å². The van der Waals surface area contributed by atoms with E-state index in [1.54, 1.807) is 24.3 Å². The number of benzene rings is 1. The van der Waals surface area contributed by atoms with Crippen molar-refractivity contribution in [1.82, 2.24) is 0 Å². The Balaban J connectivity index is 2.72. The van der Waals surface area contributed by atoms with Crippen molar-refractivity contribution >= 4 is 23.8 Å². The molecule has 0 saturated heterocycles. The molecule has 102 valence electrons. The highest BCUT2D eigenvalue weighted by Gasteiger charge is 2.17. The van der Waals surface area contributed by atoms with E-state index in [0.717, 1.165) is 6.21 Å². The molecule has 0 bridgehead atoms. The highest BCUT2D eigenvalue weighted by atomic mass is 16.6. The van der Waals surface area contributed by atoms with Gasteiger partial charge < -0.3 is 20.0 Å². The molecule has 0 aromatic heterocycles. The fraction of sp³-hybridized carbons (Fsp3) is 0.250. The first kappa shape index (κ1) is 14.5. The molecule has 1 unspecified atom stereocenters. The highest BCUT2D eigenvalue weighted by Crippen LogP contribution is 2.16. The molecule has 1 rings (SSSR count). The predicted molar refractivity (Wildman–Crippen MR) is 68.3 cm³/mol. The van der Waals surface area contributed by atoms with Gasteiger partial charge in [0.1, 0.15) is 12.9 Å². The minimum Gasteiger partial charge on any atom is -0.478 e. The second-order valence-corrected chi connectivity index (χ2v) is 3.52. The van der Waals surface area contributed by atoms with Gasteiger partial charge in [0.2, 0.25) is 12.0 Å². The molecule has 7 heteroatoms. The smallest absolute Gasteiger partial charge is 0.350 e. The van der Waals surface area contributed by atoms with Crippen LogP contribution in [0.5, 0.6) is 5.75 Å². The number of amides is 1. The summed E-state index contributed by atoms with van der Waals surface area (Å²) in [6.07, 6.45) is -0.212. The van der Waals surface area contributed by atoms with E-state index < -0.39 is 12.1 Å². The van der Waals surface area contributed by atoms with Gasteiger partial charge in [-0.15, -0.1) is 0 Å². The fourth-order valence-corrected chi connectivity index (χ4v) is 1.23. The predicted octanol–water partition coefficient (Wildman–Crippen LogP) is 1.11. The van der Waals surface area contributed by atoms with Crippen LogP contribution in [0.25, 0.3) is 0 Å². The topological polar surface area (TPSA) is 97.2 Å². The summed E-state index contributed by atoms with van der Waals surface area (Å²) in [6, 6.07) is 6.29. The standard InChI is InChI=1S/C12H14N2O5/c1-8(15)14-9-3-5-10(6-4-9)19-11(12(16)17)7-13-18-2/h3-7,11H,1-2H3,(H,14,15)(H,16,17). The van der Waals surface area contributed by atoms with Gasteiger partial charge in [0.25, 0.3) is 0 Å². The van der Waals surface area contributed by atoms with Gasteiger partial charge in [-0.3, -0.25) is 4.79 Å². The first-order valence-electron chi connectivity index (χ1n) is 5.36. The lowest BCUT2D eigenvalue weighted by Crippen LogP contribution is -2.28. The van der Waals surface area contributed by atoms with E-state index in [0.29, 0.717) is 11.4 Å². The van der Waals surface area contributed by atoms with Crippen molar-refractivity contribution in [3.05, 3.63) is 24.3 Å². The van der Waals surface area contributed by atoms with Gasteiger partial charge >= 0.3 is 5.97 Å². The van der Waals surface area contributed by atoms with Crippen LogP contribution in [0, 0.1) is 0 Å². The molecular weight excluding hydrogens is 252 g/mol. The third-order valence-electron chi connectivity index (χ3n) is 1.98. The van der Waals surface area contributed by atoms with E-state index in [-0.39, 0.29) is 5.91 Å². The third kappa shape index (κ3) is 5.07. The number of anilines is 1. The molecule has 0 aliphatic heterocycles. The molecule has 0 fully saturated rings. The molecular formula is C12H14N2O5. The number of ether oxygens (including phenoxy) is 1.